The second-order valence-corrected chi connectivity index (χ2v) is 6.60. The largest absolute Gasteiger partial charge is 0.409 e. The molecule has 0 radical (unpaired) electrons. The molecule has 1 aromatic carbocycles. The van der Waals surface area contributed by atoms with Crippen LogP contribution in [-0.4, -0.2) is 17.6 Å². The second kappa shape index (κ2) is 6.94. The lowest BCUT2D eigenvalue weighted by molar-refractivity contribution is 0.207. The maximum absolute atomic E-state index is 8.71. The van der Waals surface area contributed by atoms with E-state index in [9.17, 15) is 0 Å². The minimum Gasteiger partial charge on any atom is -0.409 e. The summed E-state index contributed by atoms with van der Waals surface area (Å²) in [7, 11) is 0. The molecule has 0 aliphatic heterocycles. The van der Waals surface area contributed by atoms with Crippen molar-refractivity contribution < 1.29 is 5.21 Å². The lowest BCUT2D eigenvalue weighted by Crippen LogP contribution is -2.33. The highest BCUT2D eigenvalue weighted by atomic mass is 16.4. The predicted molar refractivity (Wildman–Crippen MR) is 86.6 cm³/mol. The molecule has 4 N–H and O–H groups in total. The van der Waals surface area contributed by atoms with Crippen molar-refractivity contribution in [2.24, 2.45) is 16.3 Å². The van der Waals surface area contributed by atoms with Crippen LogP contribution in [0.3, 0.4) is 0 Å². The smallest absolute Gasteiger partial charge is 0.170 e. The third-order valence-corrected chi connectivity index (χ3v) is 4.67. The van der Waals surface area contributed by atoms with Crippen molar-refractivity contribution in [3.05, 3.63) is 34.9 Å². The zero-order valence-corrected chi connectivity index (χ0v) is 13.2. The lowest BCUT2D eigenvalue weighted by Gasteiger charge is -2.33. The Hall–Kier alpha value is -1.55. The normalized spacial score (nSPS) is 18.7. The molecule has 0 atom stereocenters. The third kappa shape index (κ3) is 4.21. The van der Waals surface area contributed by atoms with Crippen molar-refractivity contribution in [2.75, 3.05) is 6.54 Å². The molecule has 4 nitrogen and oxygen atoms in total. The first-order chi connectivity index (χ1) is 10.0. The van der Waals surface area contributed by atoms with E-state index in [0.717, 1.165) is 18.7 Å². The molecule has 1 fully saturated rings. The van der Waals surface area contributed by atoms with Gasteiger partial charge in [-0.3, -0.25) is 0 Å². The van der Waals surface area contributed by atoms with Crippen LogP contribution >= 0.6 is 0 Å². The maximum atomic E-state index is 8.71. The molecule has 116 valence electrons. The number of oxime groups is 1. The molecule has 2 rings (SSSR count). The standard InChI is InChI=1S/C17H27N3O/c1-13-10-14(16(18)20-21)6-7-15(13)11-19-12-17(2)8-4-3-5-9-17/h6-7,10,19,21H,3-5,8-9,11-12H2,1-2H3,(H2,18,20). The molecule has 1 saturated carbocycles. The molecule has 21 heavy (non-hydrogen) atoms. The minimum atomic E-state index is 0.160. The Bertz CT molecular complexity index is 505. The highest BCUT2D eigenvalue weighted by Crippen LogP contribution is 2.34. The van der Waals surface area contributed by atoms with Crippen LogP contribution in [0.25, 0.3) is 0 Å². The number of benzene rings is 1. The molecule has 1 aliphatic carbocycles. The van der Waals surface area contributed by atoms with Crippen LogP contribution in [0.1, 0.15) is 55.7 Å². The quantitative estimate of drug-likeness (QED) is 0.337. The number of amidine groups is 1. The van der Waals surface area contributed by atoms with Gasteiger partial charge in [-0.15, -0.1) is 0 Å². The van der Waals surface area contributed by atoms with Crippen LogP contribution < -0.4 is 11.1 Å². The Balaban J connectivity index is 1.91. The molecule has 0 unspecified atom stereocenters. The van der Waals surface area contributed by atoms with Gasteiger partial charge < -0.3 is 16.3 Å². The van der Waals surface area contributed by atoms with Crippen LogP contribution in [-0.2, 0) is 6.54 Å². The van der Waals surface area contributed by atoms with E-state index in [4.69, 9.17) is 10.9 Å². The fraction of sp³-hybridized carbons (Fsp3) is 0.588. The van der Waals surface area contributed by atoms with Gasteiger partial charge in [-0.05, 0) is 42.4 Å². The highest BCUT2D eigenvalue weighted by Gasteiger charge is 2.25. The Kier molecular flexibility index (Phi) is 5.23. The molecule has 0 bridgehead atoms. The summed E-state index contributed by atoms with van der Waals surface area (Å²) in [5.74, 6) is 0.160. The van der Waals surface area contributed by atoms with Crippen LogP contribution in [0.4, 0.5) is 0 Å². The molecule has 1 aromatic rings. The fourth-order valence-corrected chi connectivity index (χ4v) is 3.19. The van der Waals surface area contributed by atoms with Crippen molar-refractivity contribution >= 4 is 5.84 Å². The van der Waals surface area contributed by atoms with Crippen molar-refractivity contribution in [1.29, 1.82) is 0 Å². The van der Waals surface area contributed by atoms with Crippen LogP contribution in [0.5, 0.6) is 0 Å². The van der Waals surface area contributed by atoms with E-state index in [2.05, 4.69) is 30.4 Å². The monoisotopic (exact) mass is 289 g/mol. The van der Waals surface area contributed by atoms with E-state index in [0.29, 0.717) is 5.41 Å². The SMILES string of the molecule is Cc1cc(/C(N)=N/O)ccc1CNCC1(C)CCCCC1. The minimum absolute atomic E-state index is 0.160. The summed E-state index contributed by atoms with van der Waals surface area (Å²) in [4.78, 5) is 0. The third-order valence-electron chi connectivity index (χ3n) is 4.67. The van der Waals surface area contributed by atoms with Gasteiger partial charge in [0.1, 0.15) is 0 Å². The van der Waals surface area contributed by atoms with Crippen molar-refractivity contribution in [3.8, 4) is 0 Å². The fourth-order valence-electron chi connectivity index (χ4n) is 3.19. The number of nitrogens with zero attached hydrogens (tertiary/aromatic N) is 1. The maximum Gasteiger partial charge on any atom is 0.170 e. The van der Waals surface area contributed by atoms with E-state index in [1.165, 1.54) is 43.2 Å². The second-order valence-electron chi connectivity index (χ2n) is 6.60. The predicted octanol–water partition coefficient (Wildman–Crippen LogP) is 3.15. The van der Waals surface area contributed by atoms with Gasteiger partial charge in [0.2, 0.25) is 0 Å². The van der Waals surface area contributed by atoms with Crippen LogP contribution in [0.2, 0.25) is 0 Å². The van der Waals surface area contributed by atoms with Crippen molar-refractivity contribution in [2.45, 2.75) is 52.5 Å². The molecule has 4 heteroatoms. The van der Waals surface area contributed by atoms with Gasteiger partial charge in [-0.25, -0.2) is 0 Å². The Morgan fingerprint density at radius 3 is 2.67 bits per heavy atom. The first-order valence-electron chi connectivity index (χ1n) is 7.82. The number of hydrogen-bond donors (Lipinski definition) is 3. The highest BCUT2D eigenvalue weighted by molar-refractivity contribution is 5.97. The van der Waals surface area contributed by atoms with E-state index < -0.39 is 0 Å². The summed E-state index contributed by atoms with van der Waals surface area (Å²) in [5, 5.41) is 15.4. The van der Waals surface area contributed by atoms with Crippen molar-refractivity contribution in [1.82, 2.24) is 5.32 Å². The van der Waals surface area contributed by atoms with Gasteiger partial charge in [0, 0.05) is 18.7 Å². The van der Waals surface area contributed by atoms with E-state index in [-0.39, 0.29) is 5.84 Å². The van der Waals surface area contributed by atoms with Gasteiger partial charge in [0.25, 0.3) is 0 Å². The average molecular weight is 289 g/mol. The summed E-state index contributed by atoms with van der Waals surface area (Å²) in [6.07, 6.45) is 6.80. The summed E-state index contributed by atoms with van der Waals surface area (Å²) < 4.78 is 0. The number of hydrogen-bond acceptors (Lipinski definition) is 3. The Morgan fingerprint density at radius 1 is 1.33 bits per heavy atom. The summed E-state index contributed by atoms with van der Waals surface area (Å²) in [6, 6.07) is 5.93. The topological polar surface area (TPSA) is 70.6 Å². The van der Waals surface area contributed by atoms with Crippen LogP contribution in [0, 0.1) is 12.3 Å². The van der Waals surface area contributed by atoms with Crippen molar-refractivity contribution in [3.63, 3.8) is 0 Å². The van der Waals surface area contributed by atoms with Crippen LogP contribution in [0.15, 0.2) is 23.4 Å². The van der Waals surface area contributed by atoms with Gasteiger partial charge in [0.05, 0.1) is 0 Å². The van der Waals surface area contributed by atoms with Gasteiger partial charge in [0.15, 0.2) is 5.84 Å². The summed E-state index contributed by atoms with van der Waals surface area (Å²) >= 11 is 0. The molecule has 0 amide bonds. The number of nitrogens with two attached hydrogens (primary N) is 1. The van der Waals surface area contributed by atoms with Gasteiger partial charge in [-0.1, -0.05) is 43.5 Å². The number of rotatable bonds is 5. The summed E-state index contributed by atoms with van der Waals surface area (Å²) in [6.45, 7) is 6.41. The molecular weight excluding hydrogens is 262 g/mol. The van der Waals surface area contributed by atoms with E-state index >= 15 is 0 Å². The Morgan fingerprint density at radius 2 is 2.05 bits per heavy atom. The first kappa shape index (κ1) is 15.8. The molecule has 0 spiro atoms. The number of nitrogens with one attached hydrogen (secondary N) is 1. The number of aryl methyl sites for hydroxylation is 1. The zero-order chi connectivity index (χ0) is 15.3. The molecule has 0 saturated heterocycles. The van der Waals surface area contributed by atoms with E-state index in [1.54, 1.807) is 0 Å². The van der Waals surface area contributed by atoms with Gasteiger partial charge >= 0.3 is 0 Å². The zero-order valence-electron chi connectivity index (χ0n) is 13.2. The summed E-state index contributed by atoms with van der Waals surface area (Å²) in [5.41, 5.74) is 9.27. The van der Waals surface area contributed by atoms with E-state index in [1.807, 2.05) is 12.1 Å². The molecular formula is C17H27N3O. The Labute approximate surface area is 127 Å². The lowest BCUT2D eigenvalue weighted by atomic mass is 9.76. The molecule has 1 aliphatic rings. The average Bonchev–Trinajstić information content (AvgIpc) is 2.48. The molecule has 0 heterocycles. The van der Waals surface area contributed by atoms with Gasteiger partial charge in [-0.2, -0.15) is 0 Å². The molecule has 0 aromatic heterocycles. The first-order valence-corrected chi connectivity index (χ1v) is 7.82.